The lowest BCUT2D eigenvalue weighted by molar-refractivity contribution is -0.0328. The number of carboxylic acid groups (broad SMARTS) is 1. The Hall–Kier alpha value is -2.82. The summed E-state index contributed by atoms with van der Waals surface area (Å²) in [6, 6.07) is 3.57. The van der Waals surface area contributed by atoms with E-state index >= 15 is 0 Å². The fourth-order valence-electron chi connectivity index (χ4n) is 1.96. The number of fused-ring (bicyclic) bond motifs is 1. The Kier molecular flexibility index (Phi) is 3.79. The van der Waals surface area contributed by atoms with Gasteiger partial charge in [0.15, 0.2) is 0 Å². The van der Waals surface area contributed by atoms with Gasteiger partial charge in [-0.2, -0.15) is 18.3 Å². The molecule has 0 fully saturated rings. The molecule has 0 amide bonds. The number of carboxylic acids is 1. The Labute approximate surface area is 135 Å². The van der Waals surface area contributed by atoms with Gasteiger partial charge in [-0.05, 0) is 30.0 Å². The van der Waals surface area contributed by atoms with Crippen LogP contribution in [-0.4, -0.2) is 36.3 Å². The third-order valence-electron chi connectivity index (χ3n) is 2.94. The Morgan fingerprint density at radius 3 is 2.71 bits per heavy atom. The number of halogens is 3. The molecule has 1 aromatic carbocycles. The van der Waals surface area contributed by atoms with Gasteiger partial charge in [-0.1, -0.05) is 0 Å². The molecule has 3 rings (SSSR count). The molecule has 7 nitrogen and oxygen atoms in total. The lowest BCUT2D eigenvalue weighted by Crippen LogP contribution is -2.14. The highest BCUT2D eigenvalue weighted by Gasteiger charge is 2.29. The molecule has 0 bridgehead atoms. The van der Waals surface area contributed by atoms with Crippen molar-refractivity contribution in [3.05, 3.63) is 46.5 Å². The first-order valence-corrected chi connectivity index (χ1v) is 7.13. The summed E-state index contributed by atoms with van der Waals surface area (Å²) in [5, 5.41) is 12.6. The van der Waals surface area contributed by atoms with E-state index in [0.29, 0.717) is 0 Å². The number of aromatic amines is 1. The Bertz CT molecular complexity index is 996. The van der Waals surface area contributed by atoms with E-state index in [0.717, 1.165) is 23.1 Å². The molecule has 0 aliphatic heterocycles. The van der Waals surface area contributed by atoms with Gasteiger partial charge in [0.05, 0.1) is 22.7 Å². The monoisotopic (exact) mass is 356 g/mol. The molecule has 11 heteroatoms. The van der Waals surface area contributed by atoms with Gasteiger partial charge >= 0.3 is 11.5 Å². The van der Waals surface area contributed by atoms with Crippen LogP contribution in [0.5, 0.6) is 0 Å². The number of alkyl halides is 3. The number of rotatable bonds is 3. The molecular weight excluding hydrogens is 349 g/mol. The zero-order chi connectivity index (χ0) is 17.5. The molecule has 0 saturated heterocycles. The summed E-state index contributed by atoms with van der Waals surface area (Å²) < 4.78 is 38.2. The highest BCUT2D eigenvalue weighted by molar-refractivity contribution is 8.00. The number of nitrogens with one attached hydrogen (secondary N) is 1. The number of thioether (sulfide) groups is 1. The van der Waals surface area contributed by atoms with E-state index < -0.39 is 17.0 Å². The fourth-order valence-corrected chi connectivity index (χ4v) is 2.54. The summed E-state index contributed by atoms with van der Waals surface area (Å²) in [4.78, 5) is 29.2. The second-order valence-corrected chi connectivity index (χ2v) is 5.73. The number of benzene rings is 1. The number of aromatic nitrogens is 4. The van der Waals surface area contributed by atoms with Crippen molar-refractivity contribution >= 4 is 28.6 Å². The van der Waals surface area contributed by atoms with Crippen LogP contribution < -0.4 is 5.56 Å². The quantitative estimate of drug-likeness (QED) is 0.699. The predicted molar refractivity (Wildman–Crippen MR) is 78.4 cm³/mol. The molecule has 0 aliphatic carbocycles. The van der Waals surface area contributed by atoms with E-state index in [4.69, 9.17) is 5.11 Å². The second kappa shape index (κ2) is 5.67. The predicted octanol–water partition coefficient (Wildman–Crippen LogP) is 2.42. The normalized spacial score (nSPS) is 11.8. The van der Waals surface area contributed by atoms with Crippen LogP contribution in [-0.2, 0) is 0 Å². The van der Waals surface area contributed by atoms with Gasteiger partial charge in [-0.15, -0.1) is 0 Å². The number of carbonyl (C=O) groups is 1. The number of H-pyrrole nitrogens is 1. The minimum atomic E-state index is -4.46. The van der Waals surface area contributed by atoms with Crippen molar-refractivity contribution in [3.8, 4) is 5.95 Å². The maximum absolute atomic E-state index is 12.4. The van der Waals surface area contributed by atoms with E-state index in [-0.39, 0.29) is 39.1 Å². The highest BCUT2D eigenvalue weighted by atomic mass is 32.2. The molecular formula is C13H7F3N4O3S. The summed E-state index contributed by atoms with van der Waals surface area (Å²) in [5.41, 5.74) is -5.06. The Morgan fingerprint density at radius 2 is 2.08 bits per heavy atom. The molecule has 0 unspecified atom stereocenters. The number of hydrogen-bond acceptors (Lipinski definition) is 5. The first-order chi connectivity index (χ1) is 11.2. The minimum Gasteiger partial charge on any atom is -0.478 e. The van der Waals surface area contributed by atoms with E-state index in [1.165, 1.54) is 12.1 Å². The van der Waals surface area contributed by atoms with E-state index in [1.54, 1.807) is 0 Å². The van der Waals surface area contributed by atoms with Gasteiger partial charge in [0.2, 0.25) is 5.95 Å². The van der Waals surface area contributed by atoms with Gasteiger partial charge in [0, 0.05) is 11.1 Å². The van der Waals surface area contributed by atoms with Crippen molar-refractivity contribution in [2.75, 3.05) is 0 Å². The van der Waals surface area contributed by atoms with Gasteiger partial charge in [-0.3, -0.25) is 9.78 Å². The smallest absolute Gasteiger partial charge is 0.446 e. The summed E-state index contributed by atoms with van der Waals surface area (Å²) in [6.45, 7) is 0. The van der Waals surface area contributed by atoms with Crippen LogP contribution in [0.3, 0.4) is 0 Å². The van der Waals surface area contributed by atoms with E-state index in [9.17, 15) is 22.8 Å². The van der Waals surface area contributed by atoms with Gasteiger partial charge in [0.25, 0.3) is 5.56 Å². The lowest BCUT2D eigenvalue weighted by atomic mass is 10.2. The Morgan fingerprint density at radius 1 is 1.33 bits per heavy atom. The van der Waals surface area contributed by atoms with Crippen molar-refractivity contribution in [1.82, 2.24) is 19.7 Å². The van der Waals surface area contributed by atoms with Gasteiger partial charge < -0.3 is 5.11 Å². The molecule has 0 spiro atoms. The highest BCUT2D eigenvalue weighted by Crippen LogP contribution is 2.37. The largest absolute Gasteiger partial charge is 0.478 e. The molecule has 0 aliphatic rings. The molecule has 24 heavy (non-hydrogen) atoms. The Balaban J connectivity index is 2.06. The van der Waals surface area contributed by atoms with Crippen molar-refractivity contribution in [2.45, 2.75) is 10.4 Å². The fraction of sp³-hybridized carbons (Fsp3) is 0.0769. The zero-order valence-electron chi connectivity index (χ0n) is 11.5. The summed E-state index contributed by atoms with van der Waals surface area (Å²) in [5.74, 6) is -1.24. The number of aromatic carboxylic acids is 1. The maximum Gasteiger partial charge on any atom is 0.446 e. The number of hydrogen-bond donors (Lipinski definition) is 2. The standard InChI is InChI=1S/C13H7F3N4O3S/c14-13(15,16)24-7-1-2-9-8(3-7)10(21)19-12(18-9)20-5-6(4-17-20)11(22)23/h1-5H,(H,22,23)(H,18,19,21). The maximum atomic E-state index is 12.4. The van der Waals surface area contributed by atoms with Crippen LogP contribution in [0, 0.1) is 0 Å². The van der Waals surface area contributed by atoms with Crippen LogP contribution in [0.15, 0.2) is 40.3 Å². The van der Waals surface area contributed by atoms with Crippen LogP contribution in [0.4, 0.5) is 13.2 Å². The van der Waals surface area contributed by atoms with E-state index in [1.807, 2.05) is 0 Å². The van der Waals surface area contributed by atoms with Crippen LogP contribution in [0.1, 0.15) is 10.4 Å². The average molecular weight is 356 g/mol. The van der Waals surface area contributed by atoms with Crippen molar-refractivity contribution < 1.29 is 23.1 Å². The van der Waals surface area contributed by atoms with E-state index in [2.05, 4.69) is 15.1 Å². The van der Waals surface area contributed by atoms with Crippen LogP contribution in [0.2, 0.25) is 0 Å². The molecule has 2 heterocycles. The molecule has 2 aromatic heterocycles. The molecule has 3 aromatic rings. The van der Waals surface area contributed by atoms with Gasteiger partial charge in [-0.25, -0.2) is 14.5 Å². The summed E-state index contributed by atoms with van der Waals surface area (Å²) in [6.07, 6.45) is 2.23. The topological polar surface area (TPSA) is 101 Å². The zero-order valence-corrected chi connectivity index (χ0v) is 12.4. The van der Waals surface area contributed by atoms with Crippen molar-refractivity contribution in [2.24, 2.45) is 0 Å². The molecule has 0 saturated carbocycles. The SMILES string of the molecule is O=C(O)c1cnn(-c2nc3ccc(SC(F)(F)F)cc3c(=O)[nH]2)c1. The molecule has 0 atom stereocenters. The second-order valence-electron chi connectivity index (χ2n) is 4.60. The van der Waals surface area contributed by atoms with Gasteiger partial charge in [0.1, 0.15) is 0 Å². The van der Waals surface area contributed by atoms with Crippen molar-refractivity contribution in [3.63, 3.8) is 0 Å². The van der Waals surface area contributed by atoms with Crippen LogP contribution in [0.25, 0.3) is 16.9 Å². The first-order valence-electron chi connectivity index (χ1n) is 6.31. The van der Waals surface area contributed by atoms with Crippen molar-refractivity contribution in [1.29, 1.82) is 0 Å². The first kappa shape index (κ1) is 16.1. The average Bonchev–Trinajstić information content (AvgIpc) is 2.96. The molecule has 0 radical (unpaired) electrons. The molecule has 124 valence electrons. The third-order valence-corrected chi connectivity index (χ3v) is 3.67. The van der Waals surface area contributed by atoms with Crippen LogP contribution >= 0.6 is 11.8 Å². The third kappa shape index (κ3) is 3.25. The molecule has 2 N–H and O–H groups in total. The lowest BCUT2D eigenvalue weighted by Gasteiger charge is -2.07. The minimum absolute atomic E-state index is 0.0152. The summed E-state index contributed by atoms with van der Waals surface area (Å²) in [7, 11) is 0. The number of nitrogens with zero attached hydrogens (tertiary/aromatic N) is 3. The summed E-state index contributed by atoms with van der Waals surface area (Å²) >= 11 is -0.332.